The SMILES string of the molecule is CC(=O)c1ccc2c(c1)N(CC(=O)N1CCCCCC1)C(=O)C(C)O2. The first-order chi connectivity index (χ1) is 12.0. The molecule has 1 fully saturated rings. The molecule has 0 aliphatic carbocycles. The van der Waals surface area contributed by atoms with E-state index in [-0.39, 0.29) is 24.1 Å². The van der Waals surface area contributed by atoms with E-state index in [4.69, 9.17) is 4.74 Å². The number of carbonyl (C=O) groups excluding carboxylic acids is 3. The van der Waals surface area contributed by atoms with Crippen LogP contribution in [0.3, 0.4) is 0 Å². The van der Waals surface area contributed by atoms with Crippen LogP contribution in [0, 0.1) is 0 Å². The highest BCUT2D eigenvalue weighted by Gasteiger charge is 2.34. The van der Waals surface area contributed by atoms with Crippen molar-refractivity contribution in [2.75, 3.05) is 24.5 Å². The Morgan fingerprint density at radius 2 is 1.84 bits per heavy atom. The zero-order chi connectivity index (χ0) is 18.0. The minimum atomic E-state index is -0.646. The first kappa shape index (κ1) is 17.5. The Bertz CT molecular complexity index is 693. The molecular weight excluding hydrogens is 320 g/mol. The summed E-state index contributed by atoms with van der Waals surface area (Å²) in [5.74, 6) is 0.133. The number of benzene rings is 1. The highest BCUT2D eigenvalue weighted by atomic mass is 16.5. The van der Waals surface area contributed by atoms with Crippen LogP contribution in [0.1, 0.15) is 49.9 Å². The van der Waals surface area contributed by atoms with Crippen LogP contribution in [-0.4, -0.2) is 48.2 Å². The maximum Gasteiger partial charge on any atom is 0.268 e. The van der Waals surface area contributed by atoms with Crippen LogP contribution in [0.4, 0.5) is 5.69 Å². The molecule has 1 aromatic rings. The quantitative estimate of drug-likeness (QED) is 0.790. The normalized spacial score (nSPS) is 20.6. The minimum absolute atomic E-state index is 0.0130. The van der Waals surface area contributed by atoms with Gasteiger partial charge in [-0.2, -0.15) is 0 Å². The topological polar surface area (TPSA) is 66.9 Å². The largest absolute Gasteiger partial charge is 0.479 e. The Morgan fingerprint density at radius 1 is 1.16 bits per heavy atom. The third kappa shape index (κ3) is 3.67. The second-order valence-electron chi connectivity index (χ2n) is 6.72. The number of likely N-dealkylation sites (tertiary alicyclic amines) is 1. The summed E-state index contributed by atoms with van der Waals surface area (Å²) in [7, 11) is 0. The van der Waals surface area contributed by atoms with Crippen molar-refractivity contribution < 1.29 is 19.1 Å². The summed E-state index contributed by atoms with van der Waals surface area (Å²) >= 11 is 0. The van der Waals surface area contributed by atoms with Gasteiger partial charge in [0.1, 0.15) is 12.3 Å². The number of fused-ring (bicyclic) bond motifs is 1. The smallest absolute Gasteiger partial charge is 0.268 e. The molecule has 2 amide bonds. The number of rotatable bonds is 3. The maximum atomic E-state index is 12.7. The van der Waals surface area contributed by atoms with Gasteiger partial charge in [-0.25, -0.2) is 0 Å². The third-order valence-corrected chi connectivity index (χ3v) is 4.83. The van der Waals surface area contributed by atoms with Crippen molar-refractivity contribution in [2.24, 2.45) is 0 Å². The highest BCUT2D eigenvalue weighted by molar-refractivity contribution is 6.05. The van der Waals surface area contributed by atoms with Gasteiger partial charge in [0, 0.05) is 18.7 Å². The number of Topliss-reactive ketones (excluding diaryl/α,β-unsaturated/α-hetero) is 1. The first-order valence-corrected chi connectivity index (χ1v) is 8.88. The second kappa shape index (κ2) is 7.25. The molecule has 3 rings (SSSR count). The molecule has 2 aliphatic heterocycles. The van der Waals surface area contributed by atoms with Crippen LogP contribution in [0.5, 0.6) is 5.75 Å². The molecule has 6 nitrogen and oxygen atoms in total. The van der Waals surface area contributed by atoms with Crippen molar-refractivity contribution in [3.63, 3.8) is 0 Å². The van der Waals surface area contributed by atoms with Gasteiger partial charge in [0.25, 0.3) is 5.91 Å². The van der Waals surface area contributed by atoms with E-state index >= 15 is 0 Å². The lowest BCUT2D eigenvalue weighted by atomic mass is 10.1. The molecule has 2 aliphatic rings. The van der Waals surface area contributed by atoms with Crippen LogP contribution in [0.2, 0.25) is 0 Å². The van der Waals surface area contributed by atoms with Gasteiger partial charge in [-0.3, -0.25) is 19.3 Å². The zero-order valence-corrected chi connectivity index (χ0v) is 14.8. The van der Waals surface area contributed by atoms with E-state index < -0.39 is 6.10 Å². The Balaban J connectivity index is 1.86. The third-order valence-electron chi connectivity index (χ3n) is 4.83. The molecule has 0 N–H and O–H groups in total. The number of carbonyl (C=O) groups is 3. The van der Waals surface area contributed by atoms with Crippen molar-refractivity contribution in [3.05, 3.63) is 23.8 Å². The average Bonchev–Trinajstić information content (AvgIpc) is 2.87. The number of amides is 2. The van der Waals surface area contributed by atoms with Crippen molar-refractivity contribution in [3.8, 4) is 5.75 Å². The van der Waals surface area contributed by atoms with E-state index in [1.54, 1.807) is 25.1 Å². The Hall–Kier alpha value is -2.37. The number of nitrogens with zero attached hydrogens (tertiary/aromatic N) is 2. The minimum Gasteiger partial charge on any atom is -0.479 e. The molecule has 25 heavy (non-hydrogen) atoms. The van der Waals surface area contributed by atoms with Crippen LogP contribution in [-0.2, 0) is 9.59 Å². The van der Waals surface area contributed by atoms with Gasteiger partial charge in [-0.1, -0.05) is 12.8 Å². The molecule has 0 radical (unpaired) electrons. The number of ether oxygens (including phenoxy) is 1. The first-order valence-electron chi connectivity index (χ1n) is 8.88. The molecule has 2 heterocycles. The molecule has 1 aromatic carbocycles. The van der Waals surface area contributed by atoms with Crippen LogP contribution in [0.15, 0.2) is 18.2 Å². The molecule has 1 unspecified atom stereocenters. The van der Waals surface area contributed by atoms with Gasteiger partial charge in [0.05, 0.1) is 5.69 Å². The number of hydrogen-bond acceptors (Lipinski definition) is 4. The number of hydrogen-bond donors (Lipinski definition) is 0. The lowest BCUT2D eigenvalue weighted by molar-refractivity contribution is -0.133. The van der Waals surface area contributed by atoms with Crippen molar-refractivity contribution in [2.45, 2.75) is 45.6 Å². The molecule has 134 valence electrons. The standard InChI is InChI=1S/C19H24N2O4/c1-13(22)15-7-8-17-16(11-15)21(19(24)14(2)25-17)12-18(23)20-9-5-3-4-6-10-20/h7-8,11,14H,3-6,9-10,12H2,1-2H3. The van der Waals surface area contributed by atoms with E-state index in [9.17, 15) is 14.4 Å². The predicted octanol–water partition coefficient (Wildman–Crippen LogP) is 2.41. The number of anilines is 1. The van der Waals surface area contributed by atoms with E-state index in [0.717, 1.165) is 38.8 Å². The Labute approximate surface area is 147 Å². The van der Waals surface area contributed by atoms with Crippen molar-refractivity contribution in [1.29, 1.82) is 0 Å². The fourth-order valence-corrected chi connectivity index (χ4v) is 3.34. The van der Waals surface area contributed by atoms with Gasteiger partial charge < -0.3 is 9.64 Å². The monoisotopic (exact) mass is 344 g/mol. The molecule has 0 spiro atoms. The van der Waals surface area contributed by atoms with Gasteiger partial charge >= 0.3 is 0 Å². The van der Waals surface area contributed by atoms with Gasteiger partial charge in [0.2, 0.25) is 5.91 Å². The van der Waals surface area contributed by atoms with Crippen LogP contribution in [0.25, 0.3) is 0 Å². The zero-order valence-electron chi connectivity index (χ0n) is 14.8. The summed E-state index contributed by atoms with van der Waals surface area (Å²) in [4.78, 5) is 40.3. The molecule has 0 bridgehead atoms. The summed E-state index contributed by atoms with van der Waals surface area (Å²) in [6, 6.07) is 5.01. The molecule has 0 aromatic heterocycles. The summed E-state index contributed by atoms with van der Waals surface area (Å²) in [5, 5.41) is 0. The summed E-state index contributed by atoms with van der Waals surface area (Å²) in [6.45, 7) is 4.62. The second-order valence-corrected chi connectivity index (χ2v) is 6.72. The Morgan fingerprint density at radius 3 is 2.48 bits per heavy atom. The van der Waals surface area contributed by atoms with E-state index in [2.05, 4.69) is 0 Å². The number of ketones is 1. The molecule has 1 saturated heterocycles. The van der Waals surface area contributed by atoms with Crippen LogP contribution < -0.4 is 9.64 Å². The average molecular weight is 344 g/mol. The van der Waals surface area contributed by atoms with Crippen molar-refractivity contribution >= 4 is 23.3 Å². The summed E-state index contributed by atoms with van der Waals surface area (Å²) < 4.78 is 5.63. The molecule has 6 heteroatoms. The van der Waals surface area contributed by atoms with Gasteiger partial charge in [-0.15, -0.1) is 0 Å². The molecular formula is C19H24N2O4. The predicted molar refractivity (Wildman–Crippen MR) is 93.9 cm³/mol. The van der Waals surface area contributed by atoms with Gasteiger partial charge in [0.15, 0.2) is 11.9 Å². The van der Waals surface area contributed by atoms with Crippen molar-refractivity contribution in [1.82, 2.24) is 4.90 Å². The summed E-state index contributed by atoms with van der Waals surface area (Å²) in [6.07, 6.45) is 3.64. The maximum absolute atomic E-state index is 12.7. The van der Waals surface area contributed by atoms with E-state index in [1.165, 1.54) is 11.8 Å². The van der Waals surface area contributed by atoms with Crippen LogP contribution >= 0.6 is 0 Å². The molecule has 0 saturated carbocycles. The van der Waals surface area contributed by atoms with E-state index in [0.29, 0.717) is 17.0 Å². The molecule has 1 atom stereocenters. The fourth-order valence-electron chi connectivity index (χ4n) is 3.34. The fraction of sp³-hybridized carbons (Fsp3) is 0.526. The lowest BCUT2D eigenvalue weighted by Gasteiger charge is -2.34. The van der Waals surface area contributed by atoms with Gasteiger partial charge in [-0.05, 0) is 44.9 Å². The Kier molecular flexibility index (Phi) is 5.06. The highest BCUT2D eigenvalue weighted by Crippen LogP contribution is 2.35. The lowest BCUT2D eigenvalue weighted by Crippen LogP contribution is -2.49. The summed E-state index contributed by atoms with van der Waals surface area (Å²) in [5.41, 5.74) is 0.996. The van der Waals surface area contributed by atoms with E-state index in [1.807, 2.05) is 4.90 Å².